The summed E-state index contributed by atoms with van der Waals surface area (Å²) in [5, 5.41) is 17.1. The lowest BCUT2D eigenvalue weighted by Crippen LogP contribution is -2.47. The largest absolute Gasteiger partial charge is 0.343 e. The predicted octanol–water partition coefficient (Wildman–Crippen LogP) is 0.102. The SMILES string of the molecule is CC(CN)C(=O)NC1(c2nn[nH]n2)CCCC1.Cl. The maximum absolute atomic E-state index is 12.0. The summed E-state index contributed by atoms with van der Waals surface area (Å²) in [6.07, 6.45) is 3.84. The van der Waals surface area contributed by atoms with Crippen LogP contribution in [0.1, 0.15) is 38.4 Å². The first kappa shape index (κ1) is 14.8. The number of aromatic nitrogens is 4. The van der Waals surface area contributed by atoms with Crippen molar-refractivity contribution in [2.75, 3.05) is 6.54 Å². The van der Waals surface area contributed by atoms with E-state index in [0.29, 0.717) is 12.4 Å². The Balaban J connectivity index is 0.00000162. The summed E-state index contributed by atoms with van der Waals surface area (Å²) in [5.74, 6) is 0.339. The van der Waals surface area contributed by atoms with Crippen molar-refractivity contribution in [2.24, 2.45) is 11.7 Å². The van der Waals surface area contributed by atoms with Crippen LogP contribution < -0.4 is 11.1 Å². The predicted molar refractivity (Wildman–Crippen MR) is 67.9 cm³/mol. The average Bonchev–Trinajstić information content (AvgIpc) is 2.98. The van der Waals surface area contributed by atoms with Gasteiger partial charge in [0, 0.05) is 12.5 Å². The minimum absolute atomic E-state index is 0. The van der Waals surface area contributed by atoms with Crippen molar-refractivity contribution in [1.82, 2.24) is 25.9 Å². The van der Waals surface area contributed by atoms with Gasteiger partial charge in [0.1, 0.15) is 5.54 Å². The summed E-state index contributed by atoms with van der Waals surface area (Å²) in [5.41, 5.74) is 5.05. The molecular formula is C10H19ClN6O. The van der Waals surface area contributed by atoms with Crippen molar-refractivity contribution in [3.8, 4) is 0 Å². The van der Waals surface area contributed by atoms with Gasteiger partial charge in [0.25, 0.3) is 0 Å². The molecule has 18 heavy (non-hydrogen) atoms. The third-order valence-corrected chi connectivity index (χ3v) is 3.39. The number of H-pyrrole nitrogens is 1. The standard InChI is InChI=1S/C10H18N6O.ClH/c1-7(6-11)8(17)12-10(4-2-3-5-10)9-13-15-16-14-9;/h7H,2-6,11H2,1H3,(H,12,17)(H,13,14,15,16);1H. The summed E-state index contributed by atoms with van der Waals surface area (Å²) in [6, 6.07) is 0. The molecule has 0 aliphatic heterocycles. The highest BCUT2D eigenvalue weighted by Crippen LogP contribution is 2.36. The maximum Gasteiger partial charge on any atom is 0.224 e. The van der Waals surface area contributed by atoms with Crippen LogP contribution in [0.5, 0.6) is 0 Å². The molecule has 1 heterocycles. The van der Waals surface area contributed by atoms with Crippen LogP contribution in [0.3, 0.4) is 0 Å². The van der Waals surface area contributed by atoms with Crippen molar-refractivity contribution >= 4 is 18.3 Å². The van der Waals surface area contributed by atoms with Gasteiger partial charge in [0.05, 0.1) is 0 Å². The Bertz CT molecular complexity index is 376. The quantitative estimate of drug-likeness (QED) is 0.721. The van der Waals surface area contributed by atoms with E-state index in [1.807, 2.05) is 6.92 Å². The Hall–Kier alpha value is -1.21. The monoisotopic (exact) mass is 274 g/mol. The molecule has 2 rings (SSSR count). The second-order valence-electron chi connectivity index (χ2n) is 4.65. The van der Waals surface area contributed by atoms with E-state index in [9.17, 15) is 4.79 Å². The number of nitrogens with one attached hydrogen (secondary N) is 2. The summed E-state index contributed by atoms with van der Waals surface area (Å²) in [6.45, 7) is 2.16. The molecular weight excluding hydrogens is 256 g/mol. The topological polar surface area (TPSA) is 110 Å². The molecule has 1 atom stereocenters. The van der Waals surface area contributed by atoms with Crippen molar-refractivity contribution < 1.29 is 4.79 Å². The van der Waals surface area contributed by atoms with Crippen LogP contribution in [0.15, 0.2) is 0 Å². The molecule has 4 N–H and O–H groups in total. The Labute approximate surface area is 112 Å². The second-order valence-corrected chi connectivity index (χ2v) is 4.65. The molecule has 0 aromatic carbocycles. The molecule has 1 aliphatic rings. The molecule has 1 amide bonds. The highest BCUT2D eigenvalue weighted by molar-refractivity contribution is 5.85. The fraction of sp³-hybridized carbons (Fsp3) is 0.800. The van der Waals surface area contributed by atoms with E-state index in [-0.39, 0.29) is 24.2 Å². The molecule has 0 radical (unpaired) electrons. The van der Waals surface area contributed by atoms with Gasteiger partial charge in [-0.05, 0) is 12.8 Å². The molecule has 8 heteroatoms. The molecule has 0 saturated heterocycles. The Morgan fingerprint density at radius 3 is 2.72 bits per heavy atom. The minimum atomic E-state index is -0.451. The fourth-order valence-electron chi connectivity index (χ4n) is 2.21. The Morgan fingerprint density at radius 2 is 2.22 bits per heavy atom. The van der Waals surface area contributed by atoms with Gasteiger partial charge in [0.15, 0.2) is 5.82 Å². The van der Waals surface area contributed by atoms with E-state index < -0.39 is 5.54 Å². The van der Waals surface area contributed by atoms with E-state index in [1.54, 1.807) is 0 Å². The van der Waals surface area contributed by atoms with Crippen LogP contribution in [-0.2, 0) is 10.3 Å². The van der Waals surface area contributed by atoms with Crippen molar-refractivity contribution in [3.05, 3.63) is 5.82 Å². The van der Waals surface area contributed by atoms with E-state index in [0.717, 1.165) is 25.7 Å². The van der Waals surface area contributed by atoms with Gasteiger partial charge < -0.3 is 11.1 Å². The first-order chi connectivity index (χ1) is 8.18. The first-order valence-electron chi connectivity index (χ1n) is 5.94. The number of hydrogen-bond donors (Lipinski definition) is 3. The van der Waals surface area contributed by atoms with Crippen LogP contribution >= 0.6 is 12.4 Å². The number of tetrazole rings is 1. The summed E-state index contributed by atoms with van der Waals surface area (Å²) >= 11 is 0. The summed E-state index contributed by atoms with van der Waals surface area (Å²) in [4.78, 5) is 12.0. The van der Waals surface area contributed by atoms with Gasteiger partial charge in [-0.2, -0.15) is 5.21 Å². The number of carbonyl (C=O) groups is 1. The average molecular weight is 275 g/mol. The van der Waals surface area contributed by atoms with Crippen LogP contribution in [0.2, 0.25) is 0 Å². The second kappa shape index (κ2) is 6.10. The van der Waals surface area contributed by atoms with Gasteiger partial charge in [-0.15, -0.1) is 22.6 Å². The lowest BCUT2D eigenvalue weighted by molar-refractivity contribution is -0.126. The molecule has 7 nitrogen and oxygen atoms in total. The number of halogens is 1. The third-order valence-electron chi connectivity index (χ3n) is 3.39. The van der Waals surface area contributed by atoms with Crippen molar-refractivity contribution in [1.29, 1.82) is 0 Å². The van der Waals surface area contributed by atoms with Crippen LogP contribution in [0.25, 0.3) is 0 Å². The van der Waals surface area contributed by atoms with E-state index >= 15 is 0 Å². The number of nitrogens with zero attached hydrogens (tertiary/aromatic N) is 3. The molecule has 1 aromatic heterocycles. The van der Waals surface area contributed by atoms with E-state index in [1.165, 1.54) is 0 Å². The third kappa shape index (κ3) is 2.78. The summed E-state index contributed by atoms with van der Waals surface area (Å²) in [7, 11) is 0. The highest BCUT2D eigenvalue weighted by atomic mass is 35.5. The van der Waals surface area contributed by atoms with Crippen LogP contribution in [0, 0.1) is 5.92 Å². The molecule has 1 saturated carbocycles. The van der Waals surface area contributed by atoms with Gasteiger partial charge in [-0.1, -0.05) is 25.0 Å². The molecule has 1 aliphatic carbocycles. The lowest BCUT2D eigenvalue weighted by atomic mass is 9.95. The van der Waals surface area contributed by atoms with E-state index in [4.69, 9.17) is 5.73 Å². The lowest BCUT2D eigenvalue weighted by Gasteiger charge is -2.28. The van der Waals surface area contributed by atoms with Crippen molar-refractivity contribution in [2.45, 2.75) is 38.1 Å². The molecule has 0 spiro atoms. The zero-order valence-electron chi connectivity index (χ0n) is 10.3. The molecule has 1 unspecified atom stereocenters. The number of carbonyl (C=O) groups excluding carboxylic acids is 1. The van der Waals surface area contributed by atoms with Gasteiger partial charge in [-0.25, -0.2) is 0 Å². The van der Waals surface area contributed by atoms with E-state index in [2.05, 4.69) is 25.9 Å². The number of nitrogens with two attached hydrogens (primary N) is 1. The van der Waals surface area contributed by atoms with Gasteiger partial charge >= 0.3 is 0 Å². The molecule has 0 bridgehead atoms. The molecule has 1 fully saturated rings. The number of hydrogen-bond acceptors (Lipinski definition) is 5. The summed E-state index contributed by atoms with van der Waals surface area (Å²) < 4.78 is 0. The van der Waals surface area contributed by atoms with Crippen LogP contribution in [0.4, 0.5) is 0 Å². The normalized spacial score (nSPS) is 19.0. The molecule has 102 valence electrons. The zero-order chi connectivity index (χ0) is 12.3. The maximum atomic E-state index is 12.0. The number of aromatic amines is 1. The Kier molecular flexibility index (Phi) is 5.03. The number of rotatable bonds is 4. The zero-order valence-corrected chi connectivity index (χ0v) is 11.2. The smallest absolute Gasteiger partial charge is 0.224 e. The van der Waals surface area contributed by atoms with Gasteiger partial charge in [-0.3, -0.25) is 4.79 Å². The minimum Gasteiger partial charge on any atom is -0.343 e. The van der Waals surface area contributed by atoms with Gasteiger partial charge in [0.2, 0.25) is 5.91 Å². The highest BCUT2D eigenvalue weighted by Gasteiger charge is 2.41. The number of amides is 1. The van der Waals surface area contributed by atoms with Crippen molar-refractivity contribution in [3.63, 3.8) is 0 Å². The van der Waals surface area contributed by atoms with Crippen LogP contribution in [-0.4, -0.2) is 33.1 Å². The molecule has 1 aromatic rings. The first-order valence-corrected chi connectivity index (χ1v) is 5.94. The fourth-order valence-corrected chi connectivity index (χ4v) is 2.21. The Morgan fingerprint density at radius 1 is 1.56 bits per heavy atom.